The minimum atomic E-state index is -2.25. The van der Waals surface area contributed by atoms with Crippen LogP contribution in [0.25, 0.3) is 0 Å². The van der Waals surface area contributed by atoms with E-state index in [1.807, 2.05) is 0 Å². The number of imidazole rings is 1. The quantitative estimate of drug-likeness (QED) is 0.502. The van der Waals surface area contributed by atoms with Crippen LogP contribution in [0.5, 0.6) is 0 Å². The number of aromatic amines is 1. The van der Waals surface area contributed by atoms with Gasteiger partial charge in [-0.05, 0) is 32.5 Å². The van der Waals surface area contributed by atoms with E-state index in [0.717, 1.165) is 62.3 Å². The van der Waals surface area contributed by atoms with Crippen molar-refractivity contribution >= 4 is 24.4 Å². The molecule has 1 aromatic rings. The van der Waals surface area contributed by atoms with Crippen LogP contribution in [0.4, 0.5) is 8.78 Å². The minimum Gasteiger partial charge on any atom is -0.400 e. The standard InChI is InChI=1S/C11H17N3O.C10H16F2N2S.CH4O/c15-11(6-10-7-12-8-13-10)14-9-4-2-1-3-5-9;1-3-14-5-4-9(8(6-14)13-2)15-7-10(11)12;1-2/h7-9H,1-6H2,(H,12,13)(H,14,15);10H,2-7H2,1H3;2H,1H3. The summed E-state index contributed by atoms with van der Waals surface area (Å²) in [6, 6.07) is 0.397. The van der Waals surface area contributed by atoms with Crippen molar-refractivity contribution in [3.8, 4) is 0 Å². The molecule has 0 atom stereocenters. The zero-order valence-electron chi connectivity index (χ0n) is 19.2. The third kappa shape index (κ3) is 11.2. The van der Waals surface area contributed by atoms with E-state index in [4.69, 9.17) is 5.11 Å². The van der Waals surface area contributed by atoms with Crippen molar-refractivity contribution in [1.29, 1.82) is 0 Å². The SMILES string of the molecule is C=NC1=C(SCC(F)F)CCN(CC)C1.CO.O=C(Cc1cnc[nH]1)NC1CCCCC1. The van der Waals surface area contributed by atoms with E-state index >= 15 is 0 Å². The maximum absolute atomic E-state index is 12.1. The van der Waals surface area contributed by atoms with Crippen LogP contribution in [0, 0.1) is 0 Å². The molecule has 3 N–H and O–H groups in total. The molecule has 0 spiro atoms. The molecular weight excluding hydrogens is 436 g/mol. The molecule has 2 aliphatic rings. The monoisotopic (exact) mass is 473 g/mol. The summed E-state index contributed by atoms with van der Waals surface area (Å²) in [7, 11) is 1.00. The smallest absolute Gasteiger partial charge is 0.247 e. The number of aliphatic imine (C=N–C) groups is 1. The average Bonchev–Trinajstić information content (AvgIpc) is 3.32. The molecule has 0 unspecified atom stereocenters. The Labute approximate surface area is 194 Å². The molecule has 1 aliphatic carbocycles. The average molecular weight is 474 g/mol. The molecular formula is C22H37F2N5O2S. The summed E-state index contributed by atoms with van der Waals surface area (Å²) in [5.41, 5.74) is 1.75. The fourth-order valence-corrected chi connectivity index (χ4v) is 4.45. The van der Waals surface area contributed by atoms with Crippen LogP contribution < -0.4 is 5.32 Å². The normalized spacial score (nSPS) is 17.2. The second-order valence-electron chi connectivity index (χ2n) is 7.50. The summed E-state index contributed by atoms with van der Waals surface area (Å²) < 4.78 is 24.1. The van der Waals surface area contributed by atoms with Crippen LogP contribution in [-0.2, 0) is 11.2 Å². The van der Waals surface area contributed by atoms with Crippen molar-refractivity contribution in [3.63, 3.8) is 0 Å². The van der Waals surface area contributed by atoms with Crippen molar-refractivity contribution in [2.45, 2.75) is 64.3 Å². The fraction of sp³-hybridized carbons (Fsp3) is 0.682. The molecule has 7 nitrogen and oxygen atoms in total. The number of likely N-dealkylation sites (N-methyl/N-ethyl adjacent to an activating group) is 1. The first kappa shape index (κ1) is 28.3. The van der Waals surface area contributed by atoms with Crippen LogP contribution in [0.1, 0.15) is 51.1 Å². The number of nitrogens with zero attached hydrogens (tertiary/aromatic N) is 3. The first-order valence-corrected chi connectivity index (χ1v) is 12.0. The molecule has 2 heterocycles. The first-order valence-electron chi connectivity index (χ1n) is 11.0. The summed E-state index contributed by atoms with van der Waals surface area (Å²) >= 11 is 1.22. The molecule has 182 valence electrons. The number of H-pyrrole nitrogens is 1. The third-order valence-corrected chi connectivity index (χ3v) is 6.45. The molecule has 10 heteroatoms. The maximum Gasteiger partial charge on any atom is 0.247 e. The largest absolute Gasteiger partial charge is 0.400 e. The lowest BCUT2D eigenvalue weighted by molar-refractivity contribution is -0.121. The second-order valence-corrected chi connectivity index (χ2v) is 8.62. The highest BCUT2D eigenvalue weighted by molar-refractivity contribution is 8.03. The van der Waals surface area contributed by atoms with Gasteiger partial charge in [0.05, 0.1) is 24.2 Å². The lowest BCUT2D eigenvalue weighted by Crippen LogP contribution is -2.37. The number of carbonyl (C=O) groups is 1. The van der Waals surface area contributed by atoms with E-state index < -0.39 is 6.43 Å². The number of thioether (sulfide) groups is 1. The molecule has 0 aromatic carbocycles. The van der Waals surface area contributed by atoms with E-state index in [2.05, 4.69) is 38.8 Å². The number of halogens is 2. The number of aliphatic hydroxyl groups excluding tert-OH is 1. The lowest BCUT2D eigenvalue weighted by Gasteiger charge is -2.27. The molecule has 0 bridgehead atoms. The van der Waals surface area contributed by atoms with Crippen LogP contribution >= 0.6 is 11.8 Å². The summed E-state index contributed by atoms with van der Waals surface area (Å²) in [6.07, 6.45) is 8.35. The Bertz CT molecular complexity index is 680. The Morgan fingerprint density at radius 1 is 1.41 bits per heavy atom. The zero-order valence-corrected chi connectivity index (χ0v) is 20.0. The summed E-state index contributed by atoms with van der Waals surface area (Å²) in [5, 5.41) is 10.1. The molecule has 32 heavy (non-hydrogen) atoms. The fourth-order valence-electron chi connectivity index (χ4n) is 3.59. The Balaban J connectivity index is 0.000000297. The van der Waals surface area contributed by atoms with Crippen LogP contribution in [-0.4, -0.2) is 77.6 Å². The van der Waals surface area contributed by atoms with E-state index in [1.165, 1.54) is 31.0 Å². The van der Waals surface area contributed by atoms with Gasteiger partial charge in [-0.15, -0.1) is 11.8 Å². The second kappa shape index (κ2) is 16.8. The number of nitrogens with one attached hydrogen (secondary N) is 2. The van der Waals surface area contributed by atoms with Gasteiger partial charge in [-0.25, -0.2) is 13.8 Å². The Morgan fingerprint density at radius 2 is 2.12 bits per heavy atom. The predicted molar refractivity (Wildman–Crippen MR) is 127 cm³/mol. The van der Waals surface area contributed by atoms with E-state index in [1.54, 1.807) is 12.5 Å². The Morgan fingerprint density at radius 3 is 2.69 bits per heavy atom. The topological polar surface area (TPSA) is 93.6 Å². The Hall–Kier alpha value is -1.78. The molecule has 1 aromatic heterocycles. The van der Waals surface area contributed by atoms with Crippen LogP contribution in [0.2, 0.25) is 0 Å². The number of alkyl halides is 2. The van der Waals surface area contributed by atoms with Gasteiger partial charge in [-0.2, -0.15) is 0 Å². The summed E-state index contributed by atoms with van der Waals surface area (Å²) in [4.78, 5) is 25.6. The van der Waals surface area contributed by atoms with Crippen molar-refractivity contribution in [3.05, 3.63) is 28.8 Å². The lowest BCUT2D eigenvalue weighted by atomic mass is 9.95. The van der Waals surface area contributed by atoms with Crippen LogP contribution in [0.15, 0.2) is 28.1 Å². The number of rotatable bonds is 8. The number of aromatic nitrogens is 2. The van der Waals surface area contributed by atoms with Gasteiger partial charge in [0.2, 0.25) is 12.3 Å². The van der Waals surface area contributed by atoms with Crippen molar-refractivity contribution in [2.24, 2.45) is 4.99 Å². The van der Waals surface area contributed by atoms with Crippen LogP contribution in [0.3, 0.4) is 0 Å². The molecule has 3 rings (SSSR count). The van der Waals surface area contributed by atoms with Gasteiger partial charge in [0, 0.05) is 43.0 Å². The number of carbonyl (C=O) groups excluding carboxylic acids is 1. The van der Waals surface area contributed by atoms with Gasteiger partial charge in [0.1, 0.15) is 0 Å². The van der Waals surface area contributed by atoms with Gasteiger partial charge >= 0.3 is 0 Å². The molecule has 1 aliphatic heterocycles. The first-order chi connectivity index (χ1) is 15.5. The van der Waals surface area contributed by atoms with Gasteiger partial charge in [-0.1, -0.05) is 26.2 Å². The highest BCUT2D eigenvalue weighted by atomic mass is 32.2. The molecule has 1 amide bonds. The maximum atomic E-state index is 12.1. The molecule has 1 saturated carbocycles. The zero-order chi connectivity index (χ0) is 23.8. The Kier molecular flexibility index (Phi) is 14.8. The number of aliphatic hydroxyl groups is 1. The van der Waals surface area contributed by atoms with Gasteiger partial charge in [-0.3, -0.25) is 14.7 Å². The van der Waals surface area contributed by atoms with Crippen molar-refractivity contribution < 1.29 is 18.7 Å². The van der Waals surface area contributed by atoms with Crippen molar-refractivity contribution in [1.82, 2.24) is 20.2 Å². The highest BCUT2D eigenvalue weighted by Crippen LogP contribution is 2.29. The summed E-state index contributed by atoms with van der Waals surface area (Å²) in [6.45, 7) is 8.21. The van der Waals surface area contributed by atoms with E-state index in [-0.39, 0.29) is 11.7 Å². The summed E-state index contributed by atoms with van der Waals surface area (Å²) in [5.74, 6) is -0.0355. The minimum absolute atomic E-state index is 0.103. The van der Waals surface area contributed by atoms with Crippen molar-refractivity contribution in [2.75, 3.05) is 32.5 Å². The molecule has 0 radical (unpaired) electrons. The van der Waals surface area contributed by atoms with Gasteiger partial charge < -0.3 is 15.4 Å². The molecule has 1 fully saturated rings. The van der Waals surface area contributed by atoms with E-state index in [0.29, 0.717) is 12.5 Å². The van der Waals surface area contributed by atoms with E-state index in [9.17, 15) is 13.6 Å². The number of hydrogen-bond acceptors (Lipinski definition) is 6. The highest BCUT2D eigenvalue weighted by Gasteiger charge is 2.18. The van der Waals surface area contributed by atoms with Gasteiger partial charge in [0.15, 0.2) is 0 Å². The predicted octanol–water partition coefficient (Wildman–Crippen LogP) is 3.63. The number of amides is 1. The third-order valence-electron chi connectivity index (χ3n) is 5.25. The van der Waals surface area contributed by atoms with Gasteiger partial charge in [0.25, 0.3) is 0 Å². The number of hydrogen-bond donors (Lipinski definition) is 3. The molecule has 0 saturated heterocycles.